The topological polar surface area (TPSA) is 78.6 Å². The fourth-order valence-electron chi connectivity index (χ4n) is 1.57. The summed E-state index contributed by atoms with van der Waals surface area (Å²) in [5.74, 6) is 0.588. The number of nitrogens with two attached hydrogens (primary N) is 1. The molecule has 0 aliphatic heterocycles. The SMILES string of the molecule is CCCOc1ccc(C=O)c(OC(C)CC(N)=O)c1. The summed E-state index contributed by atoms with van der Waals surface area (Å²) >= 11 is 0. The number of carbonyl (C=O) groups excluding carboxylic acids is 2. The average molecular weight is 265 g/mol. The van der Waals surface area contributed by atoms with Crippen LogP contribution >= 0.6 is 0 Å². The van der Waals surface area contributed by atoms with Crippen molar-refractivity contribution in [3.05, 3.63) is 23.8 Å². The van der Waals surface area contributed by atoms with Gasteiger partial charge >= 0.3 is 0 Å². The Bertz CT molecular complexity index is 445. The lowest BCUT2D eigenvalue weighted by molar-refractivity contribution is -0.119. The van der Waals surface area contributed by atoms with Gasteiger partial charge in [0.2, 0.25) is 5.91 Å². The molecule has 0 radical (unpaired) electrons. The Morgan fingerprint density at radius 3 is 2.79 bits per heavy atom. The van der Waals surface area contributed by atoms with Gasteiger partial charge in [-0.15, -0.1) is 0 Å². The first-order valence-electron chi connectivity index (χ1n) is 6.23. The molecule has 0 spiro atoms. The summed E-state index contributed by atoms with van der Waals surface area (Å²) < 4.78 is 11.0. The quantitative estimate of drug-likeness (QED) is 0.728. The van der Waals surface area contributed by atoms with Crippen LogP contribution in [0.25, 0.3) is 0 Å². The Morgan fingerprint density at radius 2 is 2.21 bits per heavy atom. The van der Waals surface area contributed by atoms with E-state index in [0.717, 1.165) is 6.42 Å². The fourth-order valence-corrected chi connectivity index (χ4v) is 1.57. The van der Waals surface area contributed by atoms with Gasteiger partial charge in [-0.1, -0.05) is 6.92 Å². The van der Waals surface area contributed by atoms with E-state index in [4.69, 9.17) is 15.2 Å². The average Bonchev–Trinajstić information content (AvgIpc) is 2.35. The van der Waals surface area contributed by atoms with E-state index in [2.05, 4.69) is 0 Å². The van der Waals surface area contributed by atoms with Crippen LogP contribution in [0.1, 0.15) is 37.0 Å². The molecular formula is C14H19NO4. The molecule has 0 aliphatic carbocycles. The highest BCUT2D eigenvalue weighted by atomic mass is 16.5. The first kappa shape index (κ1) is 15.0. The van der Waals surface area contributed by atoms with Crippen molar-refractivity contribution in [1.29, 1.82) is 0 Å². The molecule has 1 aromatic rings. The zero-order valence-corrected chi connectivity index (χ0v) is 11.2. The first-order chi connectivity index (χ1) is 9.06. The van der Waals surface area contributed by atoms with Crippen LogP contribution in [-0.2, 0) is 4.79 Å². The summed E-state index contributed by atoms with van der Waals surface area (Å²) in [7, 11) is 0. The maximum atomic E-state index is 10.9. The number of primary amides is 1. The zero-order chi connectivity index (χ0) is 14.3. The molecule has 0 saturated carbocycles. The second kappa shape index (κ2) is 7.41. The van der Waals surface area contributed by atoms with Crippen LogP contribution in [0.4, 0.5) is 0 Å². The summed E-state index contributed by atoms with van der Waals surface area (Å²) in [5.41, 5.74) is 5.52. The number of hydrogen-bond donors (Lipinski definition) is 1. The number of amides is 1. The molecule has 0 aliphatic rings. The van der Waals surface area contributed by atoms with E-state index in [-0.39, 0.29) is 6.42 Å². The van der Waals surface area contributed by atoms with Gasteiger partial charge in [0.15, 0.2) is 6.29 Å². The van der Waals surface area contributed by atoms with E-state index in [0.29, 0.717) is 30.0 Å². The van der Waals surface area contributed by atoms with Crippen molar-refractivity contribution in [3.8, 4) is 11.5 Å². The molecule has 2 N–H and O–H groups in total. The summed E-state index contributed by atoms with van der Waals surface area (Å²) in [6.07, 6.45) is 1.30. The number of ether oxygens (including phenoxy) is 2. The molecule has 0 fully saturated rings. The Balaban J connectivity index is 2.83. The van der Waals surface area contributed by atoms with E-state index < -0.39 is 12.0 Å². The molecule has 0 bridgehead atoms. The minimum absolute atomic E-state index is 0.0956. The van der Waals surface area contributed by atoms with Crippen molar-refractivity contribution in [2.75, 3.05) is 6.61 Å². The maximum absolute atomic E-state index is 10.9. The summed E-state index contributed by atoms with van der Waals surface area (Å²) in [5, 5.41) is 0. The smallest absolute Gasteiger partial charge is 0.221 e. The van der Waals surface area contributed by atoms with Crippen molar-refractivity contribution in [1.82, 2.24) is 0 Å². The maximum Gasteiger partial charge on any atom is 0.221 e. The van der Waals surface area contributed by atoms with Crippen LogP contribution in [0.3, 0.4) is 0 Å². The van der Waals surface area contributed by atoms with Gasteiger partial charge in [-0.25, -0.2) is 0 Å². The van der Waals surface area contributed by atoms with Crippen molar-refractivity contribution in [2.24, 2.45) is 5.73 Å². The van der Waals surface area contributed by atoms with Crippen LogP contribution in [0.15, 0.2) is 18.2 Å². The highest BCUT2D eigenvalue weighted by molar-refractivity contribution is 5.80. The molecule has 1 rings (SSSR count). The molecule has 5 nitrogen and oxygen atoms in total. The van der Waals surface area contributed by atoms with Gasteiger partial charge in [-0.2, -0.15) is 0 Å². The van der Waals surface area contributed by atoms with E-state index in [1.165, 1.54) is 0 Å². The molecular weight excluding hydrogens is 246 g/mol. The lowest BCUT2D eigenvalue weighted by Gasteiger charge is -2.15. The first-order valence-corrected chi connectivity index (χ1v) is 6.23. The van der Waals surface area contributed by atoms with Gasteiger partial charge in [0.25, 0.3) is 0 Å². The number of carbonyl (C=O) groups is 2. The largest absolute Gasteiger partial charge is 0.493 e. The summed E-state index contributed by atoms with van der Waals surface area (Å²) in [6.45, 7) is 4.32. The van der Waals surface area contributed by atoms with Crippen LogP contribution in [-0.4, -0.2) is 24.9 Å². The highest BCUT2D eigenvalue weighted by Crippen LogP contribution is 2.25. The number of rotatable bonds is 8. The van der Waals surface area contributed by atoms with E-state index in [1.807, 2.05) is 6.92 Å². The minimum atomic E-state index is -0.446. The predicted molar refractivity (Wildman–Crippen MR) is 71.5 cm³/mol. The van der Waals surface area contributed by atoms with Crippen LogP contribution < -0.4 is 15.2 Å². The lowest BCUT2D eigenvalue weighted by atomic mass is 10.2. The second-order valence-electron chi connectivity index (χ2n) is 4.26. The monoisotopic (exact) mass is 265 g/mol. The molecule has 1 amide bonds. The van der Waals surface area contributed by atoms with Gasteiger partial charge in [-0.3, -0.25) is 9.59 Å². The summed E-state index contributed by atoms with van der Waals surface area (Å²) in [6, 6.07) is 4.99. The van der Waals surface area contributed by atoms with Gasteiger partial charge in [0, 0.05) is 6.07 Å². The zero-order valence-electron chi connectivity index (χ0n) is 11.2. The highest BCUT2D eigenvalue weighted by Gasteiger charge is 2.12. The molecule has 0 heterocycles. The molecule has 19 heavy (non-hydrogen) atoms. The van der Waals surface area contributed by atoms with E-state index in [9.17, 15) is 9.59 Å². The minimum Gasteiger partial charge on any atom is -0.493 e. The van der Waals surface area contributed by atoms with Gasteiger partial charge < -0.3 is 15.2 Å². The third-order valence-corrected chi connectivity index (χ3v) is 2.40. The Hall–Kier alpha value is -2.04. The molecule has 1 aromatic carbocycles. The molecule has 0 saturated heterocycles. The van der Waals surface area contributed by atoms with Crippen molar-refractivity contribution in [3.63, 3.8) is 0 Å². The van der Waals surface area contributed by atoms with Crippen molar-refractivity contribution < 1.29 is 19.1 Å². The van der Waals surface area contributed by atoms with Crippen LogP contribution in [0.5, 0.6) is 11.5 Å². The Labute approximate surface area is 112 Å². The van der Waals surface area contributed by atoms with Crippen molar-refractivity contribution >= 4 is 12.2 Å². The third-order valence-electron chi connectivity index (χ3n) is 2.40. The Kier molecular flexibility index (Phi) is 5.85. The van der Waals surface area contributed by atoms with Crippen molar-refractivity contribution in [2.45, 2.75) is 32.8 Å². The number of benzene rings is 1. The van der Waals surface area contributed by atoms with Gasteiger partial charge in [0.05, 0.1) is 18.6 Å². The Morgan fingerprint density at radius 1 is 1.47 bits per heavy atom. The molecule has 1 atom stereocenters. The van der Waals surface area contributed by atoms with E-state index in [1.54, 1.807) is 25.1 Å². The number of hydrogen-bond acceptors (Lipinski definition) is 4. The predicted octanol–water partition coefficient (Wildman–Crippen LogP) is 1.93. The lowest BCUT2D eigenvalue weighted by Crippen LogP contribution is -2.22. The molecule has 0 aromatic heterocycles. The molecule has 104 valence electrons. The molecule has 5 heteroatoms. The molecule has 1 unspecified atom stereocenters. The second-order valence-corrected chi connectivity index (χ2v) is 4.26. The van der Waals surface area contributed by atoms with Crippen LogP contribution in [0.2, 0.25) is 0 Å². The van der Waals surface area contributed by atoms with Gasteiger partial charge in [-0.05, 0) is 25.5 Å². The van der Waals surface area contributed by atoms with E-state index >= 15 is 0 Å². The van der Waals surface area contributed by atoms with Gasteiger partial charge in [0.1, 0.15) is 17.6 Å². The third kappa shape index (κ3) is 4.99. The summed E-state index contributed by atoms with van der Waals surface area (Å²) in [4.78, 5) is 21.8. The fraction of sp³-hybridized carbons (Fsp3) is 0.429. The number of aldehydes is 1. The normalized spacial score (nSPS) is 11.7. The van der Waals surface area contributed by atoms with Crippen LogP contribution in [0, 0.1) is 0 Å². The standard InChI is InChI=1S/C14H19NO4/c1-3-6-18-12-5-4-11(9-16)13(8-12)19-10(2)7-14(15)17/h4-5,8-10H,3,6-7H2,1-2H3,(H2,15,17).